The molecule has 0 saturated carbocycles. The lowest BCUT2D eigenvalue weighted by atomic mass is 10.2. The average Bonchev–Trinajstić information content (AvgIpc) is 3.08. The van der Waals surface area contributed by atoms with Crippen LogP contribution in [-0.4, -0.2) is 48.5 Å². The van der Waals surface area contributed by atoms with Crippen LogP contribution in [-0.2, 0) is 11.3 Å². The van der Waals surface area contributed by atoms with E-state index in [0.717, 1.165) is 44.2 Å². The predicted octanol–water partition coefficient (Wildman–Crippen LogP) is 2.31. The summed E-state index contributed by atoms with van der Waals surface area (Å²) in [5.41, 5.74) is 1.18. The highest BCUT2D eigenvalue weighted by Crippen LogP contribution is 2.12. The number of nitrogens with zero attached hydrogens (tertiary/aromatic N) is 2. The fourth-order valence-electron chi connectivity index (χ4n) is 2.65. The Bertz CT molecular complexity index is 614. The van der Waals surface area contributed by atoms with Gasteiger partial charge in [0.05, 0.1) is 12.8 Å². The maximum atomic E-state index is 12.2. The number of benzene rings is 1. The number of carbonyl (C=O) groups excluding carboxylic acids is 1. The second-order valence-corrected chi connectivity index (χ2v) is 5.84. The number of aryl methyl sites for hydroxylation is 1. The number of rotatable bonds is 5. The fourth-order valence-corrected chi connectivity index (χ4v) is 2.65. The van der Waals surface area contributed by atoms with Crippen molar-refractivity contribution in [3.05, 3.63) is 54.0 Å². The van der Waals surface area contributed by atoms with Crippen LogP contribution in [0.2, 0.25) is 0 Å². The minimum absolute atomic E-state index is 0.0447. The van der Waals surface area contributed by atoms with E-state index in [1.807, 2.05) is 48.2 Å². The van der Waals surface area contributed by atoms with Crippen LogP contribution in [0.4, 0.5) is 0 Å². The average molecular weight is 314 g/mol. The molecule has 5 heteroatoms. The number of hydrogen-bond donors (Lipinski definition) is 0. The van der Waals surface area contributed by atoms with Gasteiger partial charge in [0, 0.05) is 26.2 Å². The van der Waals surface area contributed by atoms with Crippen LogP contribution in [0.5, 0.6) is 5.75 Å². The summed E-state index contributed by atoms with van der Waals surface area (Å²) in [4.78, 5) is 16.4. The summed E-state index contributed by atoms with van der Waals surface area (Å²) in [6, 6.07) is 11.6. The van der Waals surface area contributed by atoms with Crippen LogP contribution in [0.3, 0.4) is 0 Å². The molecule has 0 bridgehead atoms. The van der Waals surface area contributed by atoms with Gasteiger partial charge >= 0.3 is 0 Å². The first-order chi connectivity index (χ1) is 11.2. The quantitative estimate of drug-likeness (QED) is 0.849. The van der Waals surface area contributed by atoms with Gasteiger partial charge in [0.15, 0.2) is 6.61 Å². The molecule has 0 atom stereocenters. The molecule has 122 valence electrons. The molecular weight excluding hydrogens is 292 g/mol. The van der Waals surface area contributed by atoms with Crippen molar-refractivity contribution in [1.29, 1.82) is 0 Å². The van der Waals surface area contributed by atoms with Crippen LogP contribution in [0, 0.1) is 6.92 Å². The van der Waals surface area contributed by atoms with Crippen LogP contribution < -0.4 is 4.74 Å². The minimum Gasteiger partial charge on any atom is -0.484 e. The van der Waals surface area contributed by atoms with E-state index in [4.69, 9.17) is 9.15 Å². The summed E-state index contributed by atoms with van der Waals surface area (Å²) in [7, 11) is 0. The molecule has 23 heavy (non-hydrogen) atoms. The van der Waals surface area contributed by atoms with Gasteiger partial charge in [0.25, 0.3) is 5.91 Å². The summed E-state index contributed by atoms with van der Waals surface area (Å²) in [6.07, 6.45) is 1.69. The minimum atomic E-state index is 0.0447. The highest BCUT2D eigenvalue weighted by Gasteiger charge is 2.21. The second kappa shape index (κ2) is 7.33. The molecule has 1 aliphatic heterocycles. The summed E-state index contributed by atoms with van der Waals surface area (Å²) < 4.78 is 10.9. The van der Waals surface area contributed by atoms with Crippen molar-refractivity contribution >= 4 is 5.91 Å². The third-order valence-electron chi connectivity index (χ3n) is 4.07. The van der Waals surface area contributed by atoms with Gasteiger partial charge in [-0.05, 0) is 31.2 Å². The predicted molar refractivity (Wildman–Crippen MR) is 87.2 cm³/mol. The summed E-state index contributed by atoms with van der Waals surface area (Å²) >= 11 is 0. The van der Waals surface area contributed by atoms with Crippen LogP contribution in [0.1, 0.15) is 11.3 Å². The SMILES string of the molecule is Cc1ccc(OCC(=O)N2CCN(Cc3ccco3)CC2)cc1. The smallest absolute Gasteiger partial charge is 0.260 e. The lowest BCUT2D eigenvalue weighted by molar-refractivity contribution is -0.135. The fraction of sp³-hybridized carbons (Fsp3) is 0.389. The van der Waals surface area contributed by atoms with Gasteiger partial charge in [-0.1, -0.05) is 17.7 Å². The number of piperazine rings is 1. The number of amides is 1. The number of carbonyl (C=O) groups is 1. The van der Waals surface area contributed by atoms with Gasteiger partial charge < -0.3 is 14.1 Å². The van der Waals surface area contributed by atoms with Crippen LogP contribution in [0.15, 0.2) is 47.1 Å². The Kier molecular flexibility index (Phi) is 4.98. The molecule has 0 spiro atoms. The molecule has 0 unspecified atom stereocenters. The standard InChI is InChI=1S/C18H22N2O3/c1-15-4-6-16(7-5-15)23-14-18(21)20-10-8-19(9-11-20)13-17-3-2-12-22-17/h2-7,12H,8-11,13-14H2,1H3. The van der Waals surface area contributed by atoms with E-state index in [0.29, 0.717) is 0 Å². The molecule has 0 aliphatic carbocycles. The Morgan fingerprint density at radius 3 is 2.52 bits per heavy atom. The van der Waals surface area contributed by atoms with Gasteiger partial charge in [0.2, 0.25) is 0 Å². The molecule has 1 aliphatic rings. The van der Waals surface area contributed by atoms with Crippen molar-refractivity contribution in [2.24, 2.45) is 0 Å². The molecule has 1 fully saturated rings. The summed E-state index contributed by atoms with van der Waals surface area (Å²) in [5.74, 6) is 1.75. The molecule has 2 aromatic rings. The first kappa shape index (κ1) is 15.6. The zero-order valence-corrected chi connectivity index (χ0v) is 13.4. The maximum absolute atomic E-state index is 12.2. The highest BCUT2D eigenvalue weighted by molar-refractivity contribution is 5.77. The Hall–Kier alpha value is -2.27. The first-order valence-electron chi connectivity index (χ1n) is 7.93. The van der Waals surface area contributed by atoms with E-state index in [9.17, 15) is 4.79 Å². The van der Waals surface area contributed by atoms with Gasteiger partial charge in [0.1, 0.15) is 11.5 Å². The van der Waals surface area contributed by atoms with Gasteiger partial charge in [-0.25, -0.2) is 0 Å². The Morgan fingerprint density at radius 1 is 1.13 bits per heavy atom. The van der Waals surface area contributed by atoms with Crippen LogP contribution in [0.25, 0.3) is 0 Å². The Labute approximate surface area is 136 Å². The van der Waals surface area contributed by atoms with E-state index in [2.05, 4.69) is 4.90 Å². The van der Waals surface area contributed by atoms with Crippen molar-refractivity contribution in [3.8, 4) is 5.75 Å². The molecule has 1 saturated heterocycles. The van der Waals surface area contributed by atoms with Crippen LogP contribution >= 0.6 is 0 Å². The Balaban J connectivity index is 1.42. The van der Waals surface area contributed by atoms with Gasteiger partial charge in [-0.15, -0.1) is 0 Å². The van der Waals surface area contributed by atoms with Crippen molar-refractivity contribution in [2.45, 2.75) is 13.5 Å². The molecule has 1 aromatic carbocycles. The van der Waals surface area contributed by atoms with Crippen molar-refractivity contribution in [2.75, 3.05) is 32.8 Å². The molecule has 2 heterocycles. The van der Waals surface area contributed by atoms with Gasteiger partial charge in [-0.3, -0.25) is 9.69 Å². The van der Waals surface area contributed by atoms with Crippen molar-refractivity contribution in [1.82, 2.24) is 9.80 Å². The lowest BCUT2D eigenvalue weighted by Gasteiger charge is -2.34. The zero-order chi connectivity index (χ0) is 16.1. The molecule has 1 aromatic heterocycles. The number of furan rings is 1. The number of ether oxygens (including phenoxy) is 1. The first-order valence-corrected chi connectivity index (χ1v) is 7.93. The largest absolute Gasteiger partial charge is 0.484 e. The molecule has 0 radical (unpaired) electrons. The normalized spacial score (nSPS) is 15.6. The summed E-state index contributed by atoms with van der Waals surface area (Å²) in [5, 5.41) is 0. The topological polar surface area (TPSA) is 45.9 Å². The molecule has 1 amide bonds. The van der Waals surface area contributed by atoms with Crippen molar-refractivity contribution in [3.63, 3.8) is 0 Å². The van der Waals surface area contributed by atoms with E-state index >= 15 is 0 Å². The highest BCUT2D eigenvalue weighted by atomic mass is 16.5. The summed E-state index contributed by atoms with van der Waals surface area (Å²) in [6.45, 7) is 6.11. The molecule has 5 nitrogen and oxygen atoms in total. The molecular formula is C18H22N2O3. The second-order valence-electron chi connectivity index (χ2n) is 5.84. The maximum Gasteiger partial charge on any atom is 0.260 e. The monoisotopic (exact) mass is 314 g/mol. The Morgan fingerprint density at radius 2 is 1.87 bits per heavy atom. The molecule has 3 rings (SSSR count). The third kappa shape index (κ3) is 4.36. The molecule has 0 N–H and O–H groups in total. The van der Waals surface area contributed by atoms with E-state index in [1.54, 1.807) is 6.26 Å². The van der Waals surface area contributed by atoms with Crippen molar-refractivity contribution < 1.29 is 13.9 Å². The third-order valence-corrected chi connectivity index (χ3v) is 4.07. The lowest BCUT2D eigenvalue weighted by Crippen LogP contribution is -2.49. The van der Waals surface area contributed by atoms with E-state index < -0.39 is 0 Å². The zero-order valence-electron chi connectivity index (χ0n) is 13.4. The number of hydrogen-bond acceptors (Lipinski definition) is 4. The van der Waals surface area contributed by atoms with Gasteiger partial charge in [-0.2, -0.15) is 0 Å². The van der Waals surface area contributed by atoms with E-state index in [-0.39, 0.29) is 12.5 Å². The van der Waals surface area contributed by atoms with E-state index in [1.165, 1.54) is 5.56 Å².